The molecule has 0 N–H and O–H groups in total. The third-order valence-corrected chi connectivity index (χ3v) is 3.69. The molecule has 2 aromatic carbocycles. The van der Waals surface area contributed by atoms with Crippen LogP contribution >= 0.6 is 0 Å². The molecule has 0 atom stereocenters. The molecule has 0 aliphatic heterocycles. The quantitative estimate of drug-likeness (QED) is 0.326. The van der Waals surface area contributed by atoms with Crippen LogP contribution in [0.2, 0.25) is 0 Å². The maximum absolute atomic E-state index is 12.1. The van der Waals surface area contributed by atoms with Gasteiger partial charge in [-0.2, -0.15) is 4.79 Å². The average Bonchev–Trinajstić information content (AvgIpc) is 2.60. The van der Waals surface area contributed by atoms with Gasteiger partial charge in [0, 0.05) is 0 Å². The highest BCUT2D eigenvalue weighted by atomic mass is 16.6. The Bertz CT molecular complexity index is 867. The monoisotopic (exact) mass is 394 g/mol. The summed E-state index contributed by atoms with van der Waals surface area (Å²) < 4.78 is 10.7. The van der Waals surface area contributed by atoms with Crippen molar-refractivity contribution in [1.29, 1.82) is 0 Å². The van der Waals surface area contributed by atoms with Crippen LogP contribution in [-0.4, -0.2) is 33.6 Å². The lowest BCUT2D eigenvalue weighted by atomic mass is 10.00. The zero-order valence-corrected chi connectivity index (χ0v) is 17.6. The number of hydrogen-bond acceptors (Lipinski definition) is 4. The van der Waals surface area contributed by atoms with E-state index < -0.39 is 23.1 Å². The third kappa shape index (κ3) is 6.40. The fourth-order valence-corrected chi connectivity index (χ4v) is 2.48. The smallest absolute Gasteiger partial charge is 0.338 e. The van der Waals surface area contributed by atoms with E-state index in [2.05, 4.69) is 4.79 Å². The zero-order chi connectivity index (χ0) is 21.8. The van der Waals surface area contributed by atoms with Gasteiger partial charge in [-0.1, -0.05) is 0 Å². The summed E-state index contributed by atoms with van der Waals surface area (Å²) in [5.41, 5.74) is 10.7. The summed E-state index contributed by atoms with van der Waals surface area (Å²) in [5, 5.41) is 0. The van der Waals surface area contributed by atoms with E-state index in [-0.39, 0.29) is 0 Å². The van der Waals surface area contributed by atoms with Gasteiger partial charge in [0.1, 0.15) is 11.2 Å². The van der Waals surface area contributed by atoms with Gasteiger partial charge in [0.2, 0.25) is 0 Å². The first-order valence-electron chi connectivity index (χ1n) is 9.29. The van der Waals surface area contributed by atoms with E-state index in [0.29, 0.717) is 28.0 Å². The fraction of sp³-hybridized carbons (Fsp3) is 0.348. The molecule has 0 amide bonds. The molecule has 0 saturated heterocycles. The molecule has 0 spiro atoms. The second-order valence-corrected chi connectivity index (χ2v) is 8.61. The predicted octanol–water partition coefficient (Wildman–Crippen LogP) is 4.66. The molecule has 0 aliphatic rings. The first-order chi connectivity index (χ1) is 13.4. The maximum Gasteiger partial charge on any atom is 0.338 e. The third-order valence-electron chi connectivity index (χ3n) is 3.69. The molecule has 0 fully saturated rings. The molecular formula is C23H26N2O4. The van der Waals surface area contributed by atoms with Gasteiger partial charge in [-0.25, -0.2) is 9.59 Å². The van der Waals surface area contributed by atoms with Gasteiger partial charge in [-0.05, 0) is 90.1 Å². The molecule has 0 unspecified atom stereocenters. The minimum absolute atomic E-state index is 0.316. The van der Waals surface area contributed by atoms with E-state index in [1.807, 2.05) is 0 Å². The van der Waals surface area contributed by atoms with Gasteiger partial charge in [0.25, 0.3) is 0 Å². The van der Waals surface area contributed by atoms with Crippen LogP contribution in [0.3, 0.4) is 0 Å². The average molecular weight is 394 g/mol. The summed E-state index contributed by atoms with van der Waals surface area (Å²) in [6, 6.07) is 13.2. The van der Waals surface area contributed by atoms with E-state index in [0.717, 1.165) is 0 Å². The molecule has 0 aliphatic carbocycles. The van der Waals surface area contributed by atoms with Gasteiger partial charge in [0.05, 0.1) is 22.3 Å². The largest absolute Gasteiger partial charge is 0.456 e. The molecule has 0 saturated carbocycles. The Hall–Kier alpha value is -3.24. The second-order valence-electron chi connectivity index (χ2n) is 8.61. The molecule has 152 valence electrons. The predicted molar refractivity (Wildman–Crippen MR) is 110 cm³/mol. The van der Waals surface area contributed by atoms with Crippen molar-refractivity contribution in [3.8, 4) is 0 Å². The van der Waals surface area contributed by atoms with Crippen LogP contribution in [0.1, 0.15) is 73.4 Å². The lowest BCUT2D eigenvalue weighted by molar-refractivity contribution is -0.00301. The Balaban J connectivity index is 2.21. The van der Waals surface area contributed by atoms with Gasteiger partial charge < -0.3 is 15.0 Å². The standard InChI is InChI=1S/C23H26N2O4/c1-22(2,3)28-20(26)17-11-7-15(8-12-17)19(25-24)16-9-13-18(14-10-16)21(27)29-23(4,5)6/h7-14H,1-6H3. The number of benzene rings is 2. The van der Waals surface area contributed by atoms with Gasteiger partial charge in [-0.3, -0.25) is 0 Å². The van der Waals surface area contributed by atoms with Crippen LogP contribution in [0, 0.1) is 0 Å². The lowest BCUT2D eigenvalue weighted by Gasteiger charge is -2.19. The first kappa shape index (κ1) is 22.1. The van der Waals surface area contributed by atoms with Crippen molar-refractivity contribution in [2.24, 2.45) is 0 Å². The molecular weight excluding hydrogens is 368 g/mol. The molecule has 29 heavy (non-hydrogen) atoms. The Kier molecular flexibility index (Phi) is 6.40. The Morgan fingerprint density at radius 1 is 0.655 bits per heavy atom. The van der Waals surface area contributed by atoms with Gasteiger partial charge >= 0.3 is 17.7 Å². The van der Waals surface area contributed by atoms with Crippen molar-refractivity contribution < 1.29 is 23.9 Å². The highest BCUT2D eigenvalue weighted by Crippen LogP contribution is 2.17. The second kappa shape index (κ2) is 8.41. The van der Waals surface area contributed by atoms with Gasteiger partial charge in [0.15, 0.2) is 0 Å². The molecule has 0 heterocycles. The van der Waals surface area contributed by atoms with Crippen molar-refractivity contribution in [3.63, 3.8) is 0 Å². The number of carbonyl (C=O) groups excluding carboxylic acids is 2. The summed E-state index contributed by atoms with van der Waals surface area (Å²) in [6.07, 6.45) is 0. The SMILES string of the molecule is CC(C)(C)OC(=O)c1ccc(C(=[N+]=[N-])c2ccc(C(=O)OC(C)(C)C)cc2)cc1. The number of hydrogen-bond donors (Lipinski definition) is 0. The molecule has 6 heteroatoms. The fourth-order valence-electron chi connectivity index (χ4n) is 2.48. The number of nitrogens with zero attached hydrogens (tertiary/aromatic N) is 2. The molecule has 2 rings (SSSR count). The van der Waals surface area contributed by atoms with E-state index in [4.69, 9.17) is 9.47 Å². The number of ether oxygens (including phenoxy) is 2. The highest BCUT2D eigenvalue weighted by Gasteiger charge is 2.21. The summed E-state index contributed by atoms with van der Waals surface area (Å²) in [5.74, 6) is -0.846. The van der Waals surface area contributed by atoms with Crippen LogP contribution in [-0.2, 0) is 9.47 Å². The molecule has 2 aromatic rings. The first-order valence-corrected chi connectivity index (χ1v) is 9.29. The van der Waals surface area contributed by atoms with Crippen molar-refractivity contribution in [2.75, 3.05) is 0 Å². The Morgan fingerprint density at radius 2 is 0.931 bits per heavy atom. The summed E-state index contributed by atoms with van der Waals surface area (Å²) in [7, 11) is 0. The number of rotatable bonds is 4. The Labute approximate surface area is 171 Å². The number of esters is 2. The number of carbonyl (C=O) groups is 2. The molecule has 0 aromatic heterocycles. The summed E-state index contributed by atoms with van der Waals surface area (Å²) >= 11 is 0. The summed E-state index contributed by atoms with van der Waals surface area (Å²) in [4.78, 5) is 27.7. The van der Waals surface area contributed by atoms with E-state index >= 15 is 0 Å². The van der Waals surface area contributed by atoms with Crippen LogP contribution in [0.15, 0.2) is 48.5 Å². The van der Waals surface area contributed by atoms with Crippen LogP contribution in [0.25, 0.3) is 5.53 Å². The minimum Gasteiger partial charge on any atom is -0.456 e. The van der Waals surface area contributed by atoms with E-state index in [1.54, 1.807) is 90.1 Å². The van der Waals surface area contributed by atoms with E-state index in [1.165, 1.54) is 0 Å². The van der Waals surface area contributed by atoms with Gasteiger partial charge in [-0.15, -0.1) is 0 Å². The normalized spacial score (nSPS) is 11.4. The van der Waals surface area contributed by atoms with Crippen molar-refractivity contribution in [1.82, 2.24) is 0 Å². The zero-order valence-electron chi connectivity index (χ0n) is 17.6. The van der Waals surface area contributed by atoms with Crippen LogP contribution in [0.5, 0.6) is 0 Å². The van der Waals surface area contributed by atoms with Crippen molar-refractivity contribution in [3.05, 3.63) is 76.3 Å². The van der Waals surface area contributed by atoms with Crippen molar-refractivity contribution >= 4 is 17.7 Å². The van der Waals surface area contributed by atoms with Crippen LogP contribution < -0.4 is 0 Å². The molecule has 6 nitrogen and oxygen atoms in total. The highest BCUT2D eigenvalue weighted by molar-refractivity contribution is 6.09. The molecule has 0 bridgehead atoms. The van der Waals surface area contributed by atoms with Crippen molar-refractivity contribution in [2.45, 2.75) is 52.7 Å². The maximum atomic E-state index is 12.1. The topological polar surface area (TPSA) is 89.0 Å². The minimum atomic E-state index is -0.580. The van der Waals surface area contributed by atoms with E-state index in [9.17, 15) is 15.1 Å². The Morgan fingerprint density at radius 3 is 1.17 bits per heavy atom. The summed E-state index contributed by atoms with van der Waals surface area (Å²) in [6.45, 7) is 10.8. The molecule has 0 radical (unpaired) electrons. The lowest BCUT2D eigenvalue weighted by Crippen LogP contribution is -2.24. The van der Waals surface area contributed by atoms with Crippen LogP contribution in [0.4, 0.5) is 0 Å².